The molecule has 2 heterocycles. The highest BCUT2D eigenvalue weighted by Gasteiger charge is 2.47. The SMILES string of the molecule is O=C(C1CC1)N1CCC2(CC1)SCCN2C(=O)COc1ccc(Cl)cc1. The Kier molecular flexibility index (Phi) is 5.06. The fraction of sp³-hybridized carbons (Fsp3) is 0.579. The summed E-state index contributed by atoms with van der Waals surface area (Å²) in [6, 6.07) is 7.04. The number of halogens is 1. The maximum Gasteiger partial charge on any atom is 0.261 e. The summed E-state index contributed by atoms with van der Waals surface area (Å²) in [4.78, 5) is 28.9. The number of thioether (sulfide) groups is 1. The summed E-state index contributed by atoms with van der Waals surface area (Å²) in [7, 11) is 0. The van der Waals surface area contributed by atoms with Gasteiger partial charge in [-0.2, -0.15) is 0 Å². The van der Waals surface area contributed by atoms with E-state index in [4.69, 9.17) is 16.3 Å². The first-order chi connectivity index (χ1) is 12.6. The Morgan fingerprint density at radius 2 is 1.85 bits per heavy atom. The lowest BCUT2D eigenvalue weighted by Gasteiger charge is -2.44. The molecular weight excluding hydrogens is 372 g/mol. The maximum absolute atomic E-state index is 12.8. The van der Waals surface area contributed by atoms with E-state index in [-0.39, 0.29) is 23.3 Å². The van der Waals surface area contributed by atoms with Crippen molar-refractivity contribution in [3.8, 4) is 5.75 Å². The summed E-state index contributed by atoms with van der Waals surface area (Å²) in [5.74, 6) is 2.20. The number of likely N-dealkylation sites (tertiary alicyclic amines) is 1. The molecule has 2 aliphatic heterocycles. The van der Waals surface area contributed by atoms with E-state index in [1.54, 1.807) is 24.3 Å². The fourth-order valence-corrected chi connectivity index (χ4v) is 5.39. The second-order valence-corrected chi connectivity index (χ2v) is 9.08. The monoisotopic (exact) mass is 394 g/mol. The van der Waals surface area contributed by atoms with Crippen LogP contribution in [-0.2, 0) is 9.59 Å². The number of hydrogen-bond acceptors (Lipinski definition) is 4. The second kappa shape index (κ2) is 7.31. The van der Waals surface area contributed by atoms with Gasteiger partial charge in [-0.3, -0.25) is 9.59 Å². The lowest BCUT2D eigenvalue weighted by atomic mass is 10.0. The summed E-state index contributed by atoms with van der Waals surface area (Å²) < 4.78 is 5.64. The van der Waals surface area contributed by atoms with Crippen LogP contribution in [0.15, 0.2) is 24.3 Å². The average Bonchev–Trinajstić information content (AvgIpc) is 3.43. The molecule has 1 spiro atoms. The van der Waals surface area contributed by atoms with Crippen molar-refractivity contribution in [1.29, 1.82) is 0 Å². The highest BCUT2D eigenvalue weighted by atomic mass is 35.5. The minimum atomic E-state index is -0.166. The van der Waals surface area contributed by atoms with Crippen molar-refractivity contribution in [2.75, 3.05) is 32.0 Å². The minimum Gasteiger partial charge on any atom is -0.484 e. The van der Waals surface area contributed by atoms with Crippen LogP contribution in [0.2, 0.25) is 5.02 Å². The summed E-state index contributed by atoms with van der Waals surface area (Å²) in [6.45, 7) is 2.30. The second-order valence-electron chi connectivity index (χ2n) is 7.18. The van der Waals surface area contributed by atoms with Gasteiger partial charge in [0, 0.05) is 36.3 Å². The van der Waals surface area contributed by atoms with E-state index in [1.807, 2.05) is 21.6 Å². The van der Waals surface area contributed by atoms with Crippen molar-refractivity contribution in [1.82, 2.24) is 9.80 Å². The Hall–Kier alpha value is -1.40. The molecule has 0 N–H and O–H groups in total. The first-order valence-corrected chi connectivity index (χ1v) is 10.6. The molecule has 5 nitrogen and oxygen atoms in total. The van der Waals surface area contributed by atoms with E-state index in [0.717, 1.165) is 51.1 Å². The Morgan fingerprint density at radius 3 is 2.50 bits per heavy atom. The zero-order valence-corrected chi connectivity index (χ0v) is 16.2. The lowest BCUT2D eigenvalue weighted by molar-refractivity contribution is -0.139. The van der Waals surface area contributed by atoms with Crippen LogP contribution >= 0.6 is 23.4 Å². The zero-order valence-electron chi connectivity index (χ0n) is 14.7. The van der Waals surface area contributed by atoms with E-state index < -0.39 is 0 Å². The summed E-state index contributed by atoms with van der Waals surface area (Å²) >= 11 is 7.73. The molecule has 0 unspecified atom stereocenters. The van der Waals surface area contributed by atoms with Crippen LogP contribution in [0.4, 0.5) is 0 Å². The van der Waals surface area contributed by atoms with Crippen molar-refractivity contribution in [3.05, 3.63) is 29.3 Å². The summed E-state index contributed by atoms with van der Waals surface area (Å²) in [5.41, 5.74) is 0. The number of rotatable bonds is 4. The van der Waals surface area contributed by atoms with Crippen LogP contribution in [-0.4, -0.2) is 58.5 Å². The minimum absolute atomic E-state index is 0.0203. The molecule has 0 atom stereocenters. The third-order valence-electron chi connectivity index (χ3n) is 5.44. The molecule has 3 aliphatic rings. The van der Waals surface area contributed by atoms with Gasteiger partial charge < -0.3 is 14.5 Å². The molecule has 26 heavy (non-hydrogen) atoms. The molecule has 1 aliphatic carbocycles. The van der Waals surface area contributed by atoms with Crippen molar-refractivity contribution in [2.45, 2.75) is 30.6 Å². The topological polar surface area (TPSA) is 49.9 Å². The lowest BCUT2D eigenvalue weighted by Crippen LogP contribution is -2.54. The quantitative estimate of drug-likeness (QED) is 0.787. The Balaban J connectivity index is 1.34. The van der Waals surface area contributed by atoms with Gasteiger partial charge in [0.2, 0.25) is 5.91 Å². The summed E-state index contributed by atoms with van der Waals surface area (Å²) in [5, 5.41) is 0.645. The number of nitrogens with zero attached hydrogens (tertiary/aromatic N) is 2. The first kappa shape index (κ1) is 18.0. The van der Waals surface area contributed by atoms with Crippen LogP contribution in [0.3, 0.4) is 0 Å². The normalized spacial score (nSPS) is 21.9. The van der Waals surface area contributed by atoms with E-state index in [9.17, 15) is 9.59 Å². The number of benzene rings is 1. The fourth-order valence-electron chi connectivity index (χ4n) is 3.79. The predicted octanol–water partition coefficient (Wildman–Crippen LogP) is 3.02. The van der Waals surface area contributed by atoms with Gasteiger partial charge in [-0.05, 0) is 49.9 Å². The van der Waals surface area contributed by atoms with Gasteiger partial charge in [-0.25, -0.2) is 0 Å². The van der Waals surface area contributed by atoms with Gasteiger partial charge >= 0.3 is 0 Å². The largest absolute Gasteiger partial charge is 0.484 e. The van der Waals surface area contributed by atoms with Gasteiger partial charge in [0.15, 0.2) is 6.61 Å². The highest BCUT2D eigenvalue weighted by molar-refractivity contribution is 8.00. The number of amides is 2. The van der Waals surface area contributed by atoms with Crippen molar-refractivity contribution in [2.24, 2.45) is 5.92 Å². The number of ether oxygens (including phenoxy) is 1. The van der Waals surface area contributed by atoms with E-state index >= 15 is 0 Å². The molecule has 3 fully saturated rings. The molecule has 4 rings (SSSR count). The third-order valence-corrected chi connectivity index (χ3v) is 7.24. The van der Waals surface area contributed by atoms with Crippen LogP contribution in [0.25, 0.3) is 0 Å². The van der Waals surface area contributed by atoms with E-state index in [2.05, 4.69) is 0 Å². The van der Waals surface area contributed by atoms with E-state index in [1.165, 1.54) is 0 Å². The van der Waals surface area contributed by atoms with Crippen molar-refractivity contribution in [3.63, 3.8) is 0 Å². The van der Waals surface area contributed by atoms with Gasteiger partial charge in [0.1, 0.15) is 5.75 Å². The molecular formula is C19H23ClN2O3S. The van der Waals surface area contributed by atoms with Gasteiger partial charge in [-0.15, -0.1) is 11.8 Å². The zero-order chi connectivity index (χ0) is 18.1. The standard InChI is InChI=1S/C19H23ClN2O3S/c20-15-3-5-16(6-4-15)25-13-17(23)22-11-12-26-19(22)7-9-21(10-8-19)18(24)14-1-2-14/h3-6,14H,1-2,7-13H2. The predicted molar refractivity (Wildman–Crippen MR) is 102 cm³/mol. The molecule has 1 aromatic carbocycles. The molecule has 2 amide bonds. The van der Waals surface area contributed by atoms with Gasteiger partial charge in [-0.1, -0.05) is 11.6 Å². The van der Waals surface area contributed by atoms with Crippen molar-refractivity contribution >= 4 is 35.2 Å². The molecule has 140 valence electrons. The van der Waals surface area contributed by atoms with Gasteiger partial charge in [0.25, 0.3) is 5.91 Å². The molecule has 0 bridgehead atoms. The Bertz CT molecular complexity index is 685. The smallest absolute Gasteiger partial charge is 0.261 e. The van der Waals surface area contributed by atoms with Crippen LogP contribution < -0.4 is 4.74 Å². The summed E-state index contributed by atoms with van der Waals surface area (Å²) in [6.07, 6.45) is 3.79. The van der Waals surface area contributed by atoms with Crippen LogP contribution in [0.5, 0.6) is 5.75 Å². The van der Waals surface area contributed by atoms with E-state index in [0.29, 0.717) is 16.7 Å². The van der Waals surface area contributed by atoms with Gasteiger partial charge in [0.05, 0.1) is 4.87 Å². The Labute approximate surface area is 163 Å². The molecule has 7 heteroatoms. The first-order valence-electron chi connectivity index (χ1n) is 9.19. The average molecular weight is 395 g/mol. The number of hydrogen-bond donors (Lipinski definition) is 0. The molecule has 0 aromatic heterocycles. The van der Waals surface area contributed by atoms with Crippen molar-refractivity contribution < 1.29 is 14.3 Å². The molecule has 1 saturated carbocycles. The third kappa shape index (κ3) is 3.67. The maximum atomic E-state index is 12.8. The molecule has 1 aromatic rings. The number of carbonyl (C=O) groups excluding carboxylic acids is 2. The highest BCUT2D eigenvalue weighted by Crippen LogP contribution is 2.44. The van der Waals surface area contributed by atoms with Crippen LogP contribution in [0, 0.1) is 5.92 Å². The molecule has 2 saturated heterocycles. The molecule has 0 radical (unpaired) electrons. The number of carbonyl (C=O) groups is 2. The van der Waals surface area contributed by atoms with Crippen LogP contribution in [0.1, 0.15) is 25.7 Å². The Morgan fingerprint density at radius 1 is 1.15 bits per heavy atom. The number of piperidine rings is 1.